The number of rotatable bonds is 5. The lowest BCUT2D eigenvalue weighted by Gasteiger charge is -2.34. The number of aliphatic hydroxyl groups is 1. The van der Waals surface area contributed by atoms with Gasteiger partial charge in [0.2, 0.25) is 0 Å². The van der Waals surface area contributed by atoms with Gasteiger partial charge in [-0.15, -0.1) is 0 Å². The number of ketones is 1. The number of Topliss-reactive ketones (excluding diaryl/α,β-unsaturated/α-hetero) is 1. The van der Waals surface area contributed by atoms with Gasteiger partial charge in [0.15, 0.2) is 5.78 Å². The Morgan fingerprint density at radius 3 is 2.57 bits per heavy atom. The third kappa shape index (κ3) is 4.28. The summed E-state index contributed by atoms with van der Waals surface area (Å²) in [5.41, 5.74) is 2.61. The number of likely N-dealkylation sites (tertiary alicyclic amines) is 1. The van der Waals surface area contributed by atoms with E-state index < -0.39 is 6.23 Å². The van der Waals surface area contributed by atoms with E-state index in [0.717, 1.165) is 50.1 Å². The summed E-state index contributed by atoms with van der Waals surface area (Å²) in [7, 11) is 0. The maximum Gasteiger partial charge on any atom is 0.176 e. The highest BCUT2D eigenvalue weighted by molar-refractivity contribution is 6.30. The third-order valence-corrected chi connectivity index (χ3v) is 6.07. The number of halogens is 2. The van der Waals surface area contributed by atoms with Crippen LogP contribution in [-0.2, 0) is 6.54 Å². The third-order valence-electron chi connectivity index (χ3n) is 5.84. The molecule has 1 N–H and O–H groups in total. The van der Waals surface area contributed by atoms with Gasteiger partial charge in [-0.1, -0.05) is 17.7 Å². The van der Waals surface area contributed by atoms with Crippen LogP contribution in [0.15, 0.2) is 42.5 Å². The first-order valence-corrected chi connectivity index (χ1v) is 10.1. The number of nitrogens with zero attached hydrogens (tertiary/aromatic N) is 2. The number of benzene rings is 2. The summed E-state index contributed by atoms with van der Waals surface area (Å²) in [6, 6.07) is 11.4. The summed E-state index contributed by atoms with van der Waals surface area (Å²) >= 11 is 6.07. The molecular weight excluding hydrogens is 379 g/mol. The van der Waals surface area contributed by atoms with Gasteiger partial charge in [0.05, 0.1) is 6.54 Å². The molecule has 2 aromatic carbocycles. The van der Waals surface area contributed by atoms with Crippen LogP contribution in [0.4, 0.5) is 4.39 Å². The van der Waals surface area contributed by atoms with Crippen LogP contribution in [0.1, 0.15) is 40.6 Å². The van der Waals surface area contributed by atoms with Gasteiger partial charge in [0.1, 0.15) is 12.0 Å². The molecule has 2 aromatic rings. The van der Waals surface area contributed by atoms with Crippen LogP contribution in [0.5, 0.6) is 0 Å². The van der Waals surface area contributed by atoms with Crippen LogP contribution in [0.2, 0.25) is 5.02 Å². The summed E-state index contributed by atoms with van der Waals surface area (Å²) < 4.78 is 13.0. The van der Waals surface area contributed by atoms with Crippen LogP contribution in [-0.4, -0.2) is 46.9 Å². The van der Waals surface area contributed by atoms with E-state index in [1.165, 1.54) is 12.1 Å². The molecule has 0 radical (unpaired) electrons. The molecule has 2 heterocycles. The predicted octanol–water partition coefficient (Wildman–Crippen LogP) is 3.88. The van der Waals surface area contributed by atoms with Crippen LogP contribution in [0, 0.1) is 11.7 Å². The van der Waals surface area contributed by atoms with Gasteiger partial charge >= 0.3 is 0 Å². The number of aliphatic hydroxyl groups excluding tert-OH is 1. The number of piperidine rings is 1. The molecule has 4 nitrogen and oxygen atoms in total. The minimum Gasteiger partial charge on any atom is -0.374 e. The molecule has 1 unspecified atom stereocenters. The van der Waals surface area contributed by atoms with Gasteiger partial charge in [-0.2, -0.15) is 0 Å². The first-order chi connectivity index (χ1) is 13.5. The van der Waals surface area contributed by atoms with Gasteiger partial charge in [0, 0.05) is 23.7 Å². The van der Waals surface area contributed by atoms with E-state index in [1.807, 2.05) is 18.2 Å². The topological polar surface area (TPSA) is 43.8 Å². The van der Waals surface area contributed by atoms with Crippen LogP contribution in [0.3, 0.4) is 0 Å². The second kappa shape index (κ2) is 8.29. The average Bonchev–Trinajstić information content (AvgIpc) is 2.98. The van der Waals surface area contributed by atoms with E-state index in [2.05, 4.69) is 9.80 Å². The van der Waals surface area contributed by atoms with Crippen molar-refractivity contribution in [1.82, 2.24) is 9.80 Å². The molecule has 1 fully saturated rings. The lowest BCUT2D eigenvalue weighted by atomic mass is 9.95. The molecule has 2 aliphatic heterocycles. The molecule has 28 heavy (non-hydrogen) atoms. The van der Waals surface area contributed by atoms with Crippen molar-refractivity contribution in [3.63, 3.8) is 0 Å². The highest BCUT2D eigenvalue weighted by Crippen LogP contribution is 2.34. The summed E-state index contributed by atoms with van der Waals surface area (Å²) in [5, 5.41) is 11.3. The number of hydrogen-bond donors (Lipinski definition) is 1. The molecule has 1 atom stereocenters. The van der Waals surface area contributed by atoms with Crippen molar-refractivity contribution in [2.75, 3.05) is 26.2 Å². The van der Waals surface area contributed by atoms with Crippen molar-refractivity contribution in [3.05, 3.63) is 70.0 Å². The highest BCUT2D eigenvalue weighted by atomic mass is 35.5. The zero-order chi connectivity index (χ0) is 19.7. The van der Waals surface area contributed by atoms with Gasteiger partial charge in [-0.3, -0.25) is 14.6 Å². The summed E-state index contributed by atoms with van der Waals surface area (Å²) in [6.45, 7) is 3.66. The molecule has 0 amide bonds. The van der Waals surface area contributed by atoms with Crippen molar-refractivity contribution < 1.29 is 14.3 Å². The van der Waals surface area contributed by atoms with Crippen molar-refractivity contribution in [2.45, 2.75) is 25.6 Å². The smallest absolute Gasteiger partial charge is 0.176 e. The molecule has 0 aliphatic carbocycles. The van der Waals surface area contributed by atoms with E-state index in [4.69, 9.17) is 11.6 Å². The van der Waals surface area contributed by atoms with E-state index in [-0.39, 0.29) is 11.6 Å². The van der Waals surface area contributed by atoms with E-state index >= 15 is 0 Å². The van der Waals surface area contributed by atoms with E-state index in [1.54, 1.807) is 12.1 Å². The number of carbonyl (C=O) groups excluding carboxylic acids is 1. The molecule has 0 bridgehead atoms. The lowest BCUT2D eigenvalue weighted by Crippen LogP contribution is -2.40. The maximum absolute atomic E-state index is 13.0. The molecule has 2 aliphatic rings. The Kier molecular flexibility index (Phi) is 5.78. The fraction of sp³-hybridized carbons (Fsp3) is 0.409. The van der Waals surface area contributed by atoms with E-state index in [9.17, 15) is 14.3 Å². The fourth-order valence-electron chi connectivity index (χ4n) is 4.22. The van der Waals surface area contributed by atoms with Crippen molar-refractivity contribution in [1.29, 1.82) is 0 Å². The zero-order valence-electron chi connectivity index (χ0n) is 15.7. The van der Waals surface area contributed by atoms with Crippen molar-refractivity contribution in [2.24, 2.45) is 5.92 Å². The van der Waals surface area contributed by atoms with Gasteiger partial charge < -0.3 is 5.11 Å². The van der Waals surface area contributed by atoms with Crippen LogP contribution >= 0.6 is 11.6 Å². The molecule has 0 saturated carbocycles. The van der Waals surface area contributed by atoms with Crippen molar-refractivity contribution in [3.8, 4) is 0 Å². The molecule has 4 rings (SSSR count). The summed E-state index contributed by atoms with van der Waals surface area (Å²) in [4.78, 5) is 16.6. The van der Waals surface area contributed by atoms with E-state index in [0.29, 0.717) is 23.0 Å². The SMILES string of the molecule is O=C(CN1CCC(CN2Cc3cc(Cl)ccc3C2O)CC1)c1ccc(F)cc1. The Morgan fingerprint density at radius 1 is 1.14 bits per heavy atom. The van der Waals surface area contributed by atoms with Crippen LogP contribution in [0.25, 0.3) is 0 Å². The predicted molar refractivity (Wildman–Crippen MR) is 107 cm³/mol. The summed E-state index contributed by atoms with van der Waals surface area (Å²) in [5.74, 6) is 0.197. The first-order valence-electron chi connectivity index (χ1n) is 9.71. The Balaban J connectivity index is 1.27. The minimum atomic E-state index is -0.564. The Morgan fingerprint density at radius 2 is 1.86 bits per heavy atom. The van der Waals surface area contributed by atoms with Crippen LogP contribution < -0.4 is 0 Å². The number of fused-ring (bicyclic) bond motifs is 1. The van der Waals surface area contributed by atoms with Gasteiger partial charge in [-0.05, 0) is 79.4 Å². The highest BCUT2D eigenvalue weighted by Gasteiger charge is 2.31. The molecule has 1 saturated heterocycles. The normalized spacial score (nSPS) is 21.0. The largest absolute Gasteiger partial charge is 0.374 e. The Labute approximate surface area is 169 Å². The lowest BCUT2D eigenvalue weighted by molar-refractivity contribution is -0.00352. The quantitative estimate of drug-likeness (QED) is 0.771. The molecule has 0 spiro atoms. The zero-order valence-corrected chi connectivity index (χ0v) is 16.4. The molecular formula is C22H24ClFN2O2. The second-order valence-electron chi connectivity index (χ2n) is 7.80. The van der Waals surface area contributed by atoms with Gasteiger partial charge in [0.25, 0.3) is 0 Å². The van der Waals surface area contributed by atoms with Gasteiger partial charge in [-0.25, -0.2) is 4.39 Å². The fourth-order valence-corrected chi connectivity index (χ4v) is 4.41. The van der Waals surface area contributed by atoms with Crippen molar-refractivity contribution >= 4 is 17.4 Å². The summed E-state index contributed by atoms with van der Waals surface area (Å²) in [6.07, 6.45) is 1.43. The molecule has 0 aromatic heterocycles. The molecule has 6 heteroatoms. The minimum absolute atomic E-state index is 0.0285. The number of hydrogen-bond acceptors (Lipinski definition) is 4. The molecule has 148 valence electrons. The average molecular weight is 403 g/mol. The Hall–Kier alpha value is -1.79. The maximum atomic E-state index is 13.0. The Bertz CT molecular complexity index is 850. The number of carbonyl (C=O) groups is 1. The standard InChI is InChI=1S/C22H24ClFN2O2/c23-18-3-6-20-17(11-18)13-26(22(20)28)12-15-7-9-25(10-8-15)14-21(27)16-1-4-19(24)5-2-16/h1-6,11,15,22,28H,7-10,12-14H2. The first kappa shape index (κ1) is 19.5. The monoisotopic (exact) mass is 402 g/mol. The second-order valence-corrected chi connectivity index (χ2v) is 8.23.